The van der Waals surface area contributed by atoms with E-state index in [4.69, 9.17) is 0 Å². The topological polar surface area (TPSA) is 3.24 Å². The summed E-state index contributed by atoms with van der Waals surface area (Å²) in [6.45, 7) is 3.36. The average Bonchev–Trinajstić information content (AvgIpc) is 2.35. The molecule has 2 aromatic rings. The van der Waals surface area contributed by atoms with Crippen molar-refractivity contribution in [2.45, 2.75) is 19.8 Å². The van der Waals surface area contributed by atoms with Gasteiger partial charge in [-0.25, -0.2) is 0 Å². The summed E-state index contributed by atoms with van der Waals surface area (Å²) in [5.74, 6) is 0. The van der Waals surface area contributed by atoms with Gasteiger partial charge in [-0.3, -0.25) is 0 Å². The molecule has 0 N–H and O–H groups in total. The van der Waals surface area contributed by atoms with Crippen molar-refractivity contribution in [3.8, 4) is 0 Å². The van der Waals surface area contributed by atoms with E-state index in [1.54, 1.807) is 0 Å². The summed E-state index contributed by atoms with van der Waals surface area (Å²) in [5.41, 5.74) is 1.34. The summed E-state index contributed by atoms with van der Waals surface area (Å²) in [5, 5.41) is 2.67. The van der Waals surface area contributed by atoms with Gasteiger partial charge in [-0.15, -0.1) is 0 Å². The third-order valence-electron chi connectivity index (χ3n) is 3.02. The fraction of sp³-hybridized carbons (Fsp3) is 0.333. The molecule has 1 heteroatoms. The molecule has 0 aliphatic carbocycles. The monoisotopic (exact) mass is 213 g/mol. The second kappa shape index (κ2) is 5.02. The number of hydrogen-bond donors (Lipinski definition) is 0. The molecular weight excluding hydrogens is 194 g/mol. The van der Waals surface area contributed by atoms with Crippen LogP contribution in [0.4, 0.5) is 5.69 Å². The van der Waals surface area contributed by atoms with E-state index in [1.165, 1.54) is 29.3 Å². The number of anilines is 1. The Morgan fingerprint density at radius 1 is 1.00 bits per heavy atom. The van der Waals surface area contributed by atoms with E-state index >= 15 is 0 Å². The Morgan fingerprint density at radius 3 is 2.56 bits per heavy atom. The van der Waals surface area contributed by atoms with E-state index in [0.717, 1.165) is 6.54 Å². The fourth-order valence-electron chi connectivity index (χ4n) is 2.06. The molecule has 0 unspecified atom stereocenters. The smallest absolute Gasteiger partial charge is 0.0443 e. The molecule has 0 radical (unpaired) electrons. The van der Waals surface area contributed by atoms with Crippen LogP contribution in [-0.4, -0.2) is 13.6 Å². The lowest BCUT2D eigenvalue weighted by Gasteiger charge is -2.20. The molecule has 0 bridgehead atoms. The van der Waals surface area contributed by atoms with Crippen LogP contribution in [0.5, 0.6) is 0 Å². The normalized spacial score (nSPS) is 10.6. The van der Waals surface area contributed by atoms with Crippen LogP contribution in [0.3, 0.4) is 0 Å². The Balaban J connectivity index is 2.36. The highest BCUT2D eigenvalue weighted by atomic mass is 15.1. The molecule has 0 heterocycles. The summed E-state index contributed by atoms with van der Waals surface area (Å²) in [4.78, 5) is 2.35. The second-order valence-corrected chi connectivity index (χ2v) is 4.27. The molecule has 0 atom stereocenters. The summed E-state index contributed by atoms with van der Waals surface area (Å²) in [6.07, 6.45) is 2.49. The summed E-state index contributed by atoms with van der Waals surface area (Å²) in [7, 11) is 2.18. The molecule has 0 spiro atoms. The van der Waals surface area contributed by atoms with E-state index in [2.05, 4.69) is 61.3 Å². The van der Waals surface area contributed by atoms with Gasteiger partial charge in [0.15, 0.2) is 0 Å². The van der Waals surface area contributed by atoms with E-state index in [0.29, 0.717) is 0 Å². The van der Waals surface area contributed by atoms with Crippen molar-refractivity contribution in [3.05, 3.63) is 42.5 Å². The van der Waals surface area contributed by atoms with E-state index < -0.39 is 0 Å². The number of unbranched alkanes of at least 4 members (excludes halogenated alkanes) is 1. The van der Waals surface area contributed by atoms with E-state index in [1.807, 2.05) is 0 Å². The number of fused-ring (bicyclic) bond motifs is 1. The highest BCUT2D eigenvalue weighted by Gasteiger charge is 2.04. The highest BCUT2D eigenvalue weighted by Crippen LogP contribution is 2.25. The maximum Gasteiger partial charge on any atom is 0.0443 e. The lowest BCUT2D eigenvalue weighted by molar-refractivity contribution is 0.768. The van der Waals surface area contributed by atoms with Gasteiger partial charge < -0.3 is 4.90 Å². The SMILES string of the molecule is CCCCN(C)c1cccc2ccccc12. The third-order valence-corrected chi connectivity index (χ3v) is 3.02. The fourth-order valence-corrected chi connectivity index (χ4v) is 2.06. The first kappa shape index (κ1) is 11.0. The first-order valence-electron chi connectivity index (χ1n) is 6.02. The maximum absolute atomic E-state index is 2.35. The van der Waals surface area contributed by atoms with Crippen molar-refractivity contribution in [3.63, 3.8) is 0 Å². The Bertz CT molecular complexity index is 456. The summed E-state index contributed by atoms with van der Waals surface area (Å²) < 4.78 is 0. The standard InChI is InChI=1S/C15H19N/c1-3-4-12-16(2)15-11-7-9-13-8-5-6-10-14(13)15/h5-11H,3-4,12H2,1-2H3. The van der Waals surface area contributed by atoms with Gasteiger partial charge in [-0.1, -0.05) is 49.7 Å². The molecule has 0 aromatic heterocycles. The maximum atomic E-state index is 2.35. The zero-order valence-corrected chi connectivity index (χ0v) is 10.1. The minimum absolute atomic E-state index is 1.13. The molecule has 2 rings (SSSR count). The van der Waals surface area contributed by atoms with Crippen LogP contribution in [0.2, 0.25) is 0 Å². The predicted octanol–water partition coefficient (Wildman–Crippen LogP) is 4.08. The molecule has 0 amide bonds. The molecule has 0 aliphatic rings. The Hall–Kier alpha value is -1.50. The van der Waals surface area contributed by atoms with Crippen LogP contribution in [0.25, 0.3) is 10.8 Å². The van der Waals surface area contributed by atoms with Gasteiger partial charge in [0.25, 0.3) is 0 Å². The van der Waals surface area contributed by atoms with Gasteiger partial charge in [0.1, 0.15) is 0 Å². The van der Waals surface area contributed by atoms with E-state index in [9.17, 15) is 0 Å². The Kier molecular flexibility index (Phi) is 3.45. The Labute approximate surface area is 97.7 Å². The van der Waals surface area contributed by atoms with Crippen molar-refractivity contribution in [2.24, 2.45) is 0 Å². The van der Waals surface area contributed by atoms with Crippen LogP contribution in [0.1, 0.15) is 19.8 Å². The van der Waals surface area contributed by atoms with E-state index in [-0.39, 0.29) is 0 Å². The van der Waals surface area contributed by atoms with Gasteiger partial charge >= 0.3 is 0 Å². The van der Waals surface area contributed by atoms with Crippen molar-refractivity contribution in [2.75, 3.05) is 18.5 Å². The minimum Gasteiger partial charge on any atom is -0.374 e. The van der Waals surface area contributed by atoms with Gasteiger partial charge in [0, 0.05) is 24.7 Å². The predicted molar refractivity (Wildman–Crippen MR) is 72.1 cm³/mol. The molecule has 84 valence electrons. The van der Waals surface area contributed by atoms with Crippen LogP contribution in [-0.2, 0) is 0 Å². The quantitative estimate of drug-likeness (QED) is 0.739. The van der Waals surface area contributed by atoms with Gasteiger partial charge in [-0.05, 0) is 17.9 Å². The van der Waals surface area contributed by atoms with Crippen LogP contribution in [0, 0.1) is 0 Å². The van der Waals surface area contributed by atoms with Gasteiger partial charge in [0.2, 0.25) is 0 Å². The summed E-state index contributed by atoms with van der Waals surface area (Å²) in [6, 6.07) is 15.1. The minimum atomic E-state index is 1.13. The highest BCUT2D eigenvalue weighted by molar-refractivity contribution is 5.94. The first-order chi connectivity index (χ1) is 7.83. The summed E-state index contributed by atoms with van der Waals surface area (Å²) >= 11 is 0. The number of hydrogen-bond acceptors (Lipinski definition) is 1. The van der Waals surface area contributed by atoms with Crippen LogP contribution >= 0.6 is 0 Å². The number of rotatable bonds is 4. The van der Waals surface area contributed by atoms with Gasteiger partial charge in [-0.2, -0.15) is 0 Å². The number of nitrogens with zero attached hydrogens (tertiary/aromatic N) is 1. The molecule has 16 heavy (non-hydrogen) atoms. The van der Waals surface area contributed by atoms with Gasteiger partial charge in [0.05, 0.1) is 0 Å². The molecule has 2 aromatic carbocycles. The van der Waals surface area contributed by atoms with Crippen molar-refractivity contribution in [1.82, 2.24) is 0 Å². The van der Waals surface area contributed by atoms with Crippen molar-refractivity contribution in [1.29, 1.82) is 0 Å². The Morgan fingerprint density at radius 2 is 1.75 bits per heavy atom. The zero-order valence-electron chi connectivity index (χ0n) is 10.1. The molecule has 0 saturated carbocycles. The number of benzene rings is 2. The largest absolute Gasteiger partial charge is 0.374 e. The zero-order chi connectivity index (χ0) is 11.4. The lowest BCUT2D eigenvalue weighted by atomic mass is 10.1. The van der Waals surface area contributed by atoms with Crippen molar-refractivity contribution >= 4 is 16.5 Å². The van der Waals surface area contributed by atoms with Crippen LogP contribution in [0.15, 0.2) is 42.5 Å². The van der Waals surface area contributed by atoms with Crippen molar-refractivity contribution < 1.29 is 0 Å². The van der Waals surface area contributed by atoms with Crippen LogP contribution < -0.4 is 4.90 Å². The molecular formula is C15H19N. The first-order valence-corrected chi connectivity index (χ1v) is 6.02. The molecule has 0 saturated heterocycles. The molecule has 1 nitrogen and oxygen atoms in total. The lowest BCUT2D eigenvalue weighted by Crippen LogP contribution is -2.18. The third kappa shape index (κ3) is 2.19. The average molecular weight is 213 g/mol. The molecule has 0 fully saturated rings. The molecule has 0 aliphatic heterocycles. The second-order valence-electron chi connectivity index (χ2n) is 4.27.